The molecule has 4 rings (SSSR count). The van der Waals surface area contributed by atoms with Crippen molar-refractivity contribution in [2.75, 3.05) is 0 Å². The summed E-state index contributed by atoms with van der Waals surface area (Å²) < 4.78 is 9.79. The summed E-state index contributed by atoms with van der Waals surface area (Å²) in [6, 6.07) is 10.1. The van der Waals surface area contributed by atoms with E-state index >= 15 is 0 Å². The Morgan fingerprint density at radius 1 is 0.903 bits per heavy atom. The highest BCUT2D eigenvalue weighted by molar-refractivity contribution is 6.43. The molecule has 0 aliphatic rings. The van der Waals surface area contributed by atoms with E-state index in [0.717, 1.165) is 10.1 Å². The SMILES string of the molecule is Cn1c(=O)c2c(nc(Oc3cc(Cl)c(Cl)cc3Cl)n2Cc2ccc(Cl)cc2)n(C)c1=O. The maximum atomic E-state index is 12.9. The fraction of sp³-hybridized carbons (Fsp3) is 0.150. The number of aromatic nitrogens is 4. The highest BCUT2D eigenvalue weighted by atomic mass is 35.5. The van der Waals surface area contributed by atoms with Crippen LogP contribution in [0.5, 0.6) is 11.8 Å². The Hall–Kier alpha value is -2.45. The van der Waals surface area contributed by atoms with Crippen molar-refractivity contribution in [2.24, 2.45) is 14.1 Å². The van der Waals surface area contributed by atoms with E-state index in [-0.39, 0.29) is 44.5 Å². The fourth-order valence-electron chi connectivity index (χ4n) is 3.10. The van der Waals surface area contributed by atoms with Gasteiger partial charge in [-0.25, -0.2) is 4.79 Å². The lowest BCUT2D eigenvalue weighted by molar-refractivity contribution is 0.421. The van der Waals surface area contributed by atoms with Crippen LogP contribution < -0.4 is 16.0 Å². The molecule has 0 radical (unpaired) electrons. The van der Waals surface area contributed by atoms with Gasteiger partial charge in [-0.1, -0.05) is 58.5 Å². The molecule has 4 aromatic rings. The number of ether oxygens (including phenoxy) is 1. The number of fused-ring (bicyclic) bond motifs is 1. The molecule has 2 heterocycles. The van der Waals surface area contributed by atoms with Crippen molar-refractivity contribution in [3.8, 4) is 11.8 Å². The number of imidazole rings is 1. The van der Waals surface area contributed by atoms with Crippen LogP contribution in [0, 0.1) is 0 Å². The Balaban J connectivity index is 1.95. The molecule has 2 aromatic heterocycles. The molecule has 0 aliphatic heterocycles. The van der Waals surface area contributed by atoms with Gasteiger partial charge in [0.2, 0.25) is 0 Å². The molecular weight excluding hydrogens is 486 g/mol. The zero-order chi connectivity index (χ0) is 22.4. The van der Waals surface area contributed by atoms with E-state index in [4.69, 9.17) is 51.1 Å². The minimum Gasteiger partial charge on any atom is -0.424 e. The Kier molecular flexibility index (Phi) is 5.79. The molecule has 0 spiro atoms. The maximum Gasteiger partial charge on any atom is 0.332 e. The van der Waals surface area contributed by atoms with Gasteiger partial charge in [0.05, 0.1) is 21.6 Å². The largest absolute Gasteiger partial charge is 0.424 e. The summed E-state index contributed by atoms with van der Waals surface area (Å²) in [4.78, 5) is 29.7. The van der Waals surface area contributed by atoms with Crippen LogP contribution in [-0.4, -0.2) is 18.7 Å². The quantitative estimate of drug-likeness (QED) is 0.375. The molecule has 7 nitrogen and oxygen atoms in total. The van der Waals surface area contributed by atoms with Crippen LogP contribution in [0.25, 0.3) is 11.2 Å². The summed E-state index contributed by atoms with van der Waals surface area (Å²) in [7, 11) is 2.93. The van der Waals surface area contributed by atoms with Gasteiger partial charge in [-0.15, -0.1) is 0 Å². The lowest BCUT2D eigenvalue weighted by Gasteiger charge is -2.12. The Morgan fingerprint density at radius 2 is 1.55 bits per heavy atom. The van der Waals surface area contributed by atoms with Gasteiger partial charge in [0.15, 0.2) is 16.9 Å². The number of halogens is 4. The predicted octanol–water partition coefficient (Wildman–Crippen LogP) is 4.89. The molecule has 0 N–H and O–H groups in total. The minimum absolute atomic E-state index is 0.0588. The molecule has 0 saturated carbocycles. The monoisotopic (exact) mass is 498 g/mol. The van der Waals surface area contributed by atoms with Crippen LogP contribution in [0.2, 0.25) is 20.1 Å². The summed E-state index contributed by atoms with van der Waals surface area (Å²) >= 11 is 24.3. The van der Waals surface area contributed by atoms with E-state index in [1.807, 2.05) is 12.1 Å². The van der Waals surface area contributed by atoms with Gasteiger partial charge < -0.3 is 4.74 Å². The zero-order valence-electron chi connectivity index (χ0n) is 16.2. The second-order valence-electron chi connectivity index (χ2n) is 6.78. The van der Waals surface area contributed by atoms with E-state index in [0.29, 0.717) is 5.02 Å². The first-order valence-corrected chi connectivity index (χ1v) is 10.4. The fourth-order valence-corrected chi connectivity index (χ4v) is 3.81. The predicted molar refractivity (Wildman–Crippen MR) is 122 cm³/mol. The van der Waals surface area contributed by atoms with E-state index in [1.165, 1.54) is 30.8 Å². The highest BCUT2D eigenvalue weighted by Crippen LogP contribution is 2.36. The van der Waals surface area contributed by atoms with E-state index in [9.17, 15) is 9.59 Å². The van der Waals surface area contributed by atoms with Gasteiger partial charge in [0, 0.05) is 25.2 Å². The van der Waals surface area contributed by atoms with Crippen molar-refractivity contribution in [3.05, 3.63) is 82.9 Å². The van der Waals surface area contributed by atoms with Crippen molar-refractivity contribution < 1.29 is 4.74 Å². The first kappa shape index (κ1) is 21.8. The molecule has 0 atom stereocenters. The van der Waals surface area contributed by atoms with Crippen LogP contribution in [0.4, 0.5) is 0 Å². The second kappa shape index (κ2) is 8.24. The number of nitrogens with zero attached hydrogens (tertiary/aromatic N) is 4. The average Bonchev–Trinajstić information content (AvgIpc) is 3.08. The summed E-state index contributed by atoms with van der Waals surface area (Å²) in [6.07, 6.45) is 0. The number of rotatable bonds is 4. The average molecular weight is 500 g/mol. The number of hydrogen-bond donors (Lipinski definition) is 0. The van der Waals surface area contributed by atoms with Crippen LogP contribution in [0.3, 0.4) is 0 Å². The van der Waals surface area contributed by atoms with E-state index in [2.05, 4.69) is 4.98 Å². The van der Waals surface area contributed by atoms with Crippen molar-refractivity contribution in [2.45, 2.75) is 6.54 Å². The van der Waals surface area contributed by atoms with Crippen LogP contribution >= 0.6 is 46.4 Å². The molecule has 160 valence electrons. The molecule has 0 bridgehead atoms. The molecule has 11 heteroatoms. The highest BCUT2D eigenvalue weighted by Gasteiger charge is 2.22. The van der Waals surface area contributed by atoms with Gasteiger partial charge in [-0.05, 0) is 23.8 Å². The molecule has 2 aromatic carbocycles. The molecule has 31 heavy (non-hydrogen) atoms. The molecule has 0 fully saturated rings. The third-order valence-corrected chi connectivity index (χ3v) is 6.01. The molecular formula is C20H14Cl4N4O3. The Morgan fingerprint density at radius 3 is 2.23 bits per heavy atom. The van der Waals surface area contributed by atoms with Crippen LogP contribution in [0.1, 0.15) is 5.56 Å². The Labute approximate surface area is 195 Å². The Bertz CT molecular complexity index is 1440. The number of hydrogen-bond acceptors (Lipinski definition) is 4. The van der Waals surface area contributed by atoms with Gasteiger partial charge >= 0.3 is 11.7 Å². The number of aryl methyl sites for hydroxylation is 1. The number of benzene rings is 2. The van der Waals surface area contributed by atoms with Gasteiger partial charge in [0.25, 0.3) is 5.56 Å². The van der Waals surface area contributed by atoms with Crippen molar-refractivity contribution in [1.82, 2.24) is 18.7 Å². The summed E-state index contributed by atoms with van der Waals surface area (Å²) in [5.41, 5.74) is 0.200. The first-order chi connectivity index (χ1) is 14.7. The first-order valence-electron chi connectivity index (χ1n) is 8.90. The van der Waals surface area contributed by atoms with Gasteiger partial charge in [-0.2, -0.15) is 4.98 Å². The van der Waals surface area contributed by atoms with Crippen molar-refractivity contribution in [1.29, 1.82) is 0 Å². The van der Waals surface area contributed by atoms with Crippen LogP contribution in [0.15, 0.2) is 46.0 Å². The van der Waals surface area contributed by atoms with Crippen molar-refractivity contribution >= 4 is 57.6 Å². The van der Waals surface area contributed by atoms with E-state index < -0.39 is 11.2 Å². The smallest absolute Gasteiger partial charge is 0.332 e. The van der Waals surface area contributed by atoms with Gasteiger partial charge in [-0.3, -0.25) is 18.5 Å². The van der Waals surface area contributed by atoms with Crippen LogP contribution in [-0.2, 0) is 20.6 Å². The van der Waals surface area contributed by atoms with E-state index in [1.54, 1.807) is 16.7 Å². The topological polar surface area (TPSA) is 71.1 Å². The zero-order valence-corrected chi connectivity index (χ0v) is 19.2. The van der Waals surface area contributed by atoms with Crippen molar-refractivity contribution in [3.63, 3.8) is 0 Å². The normalized spacial score (nSPS) is 11.3. The van der Waals surface area contributed by atoms with Gasteiger partial charge in [0.1, 0.15) is 0 Å². The summed E-state index contributed by atoms with van der Waals surface area (Å²) in [5, 5.41) is 1.30. The lowest BCUT2D eigenvalue weighted by Crippen LogP contribution is -2.37. The lowest BCUT2D eigenvalue weighted by atomic mass is 10.2. The summed E-state index contributed by atoms with van der Waals surface area (Å²) in [5.74, 6) is 0.200. The molecule has 0 saturated heterocycles. The third-order valence-electron chi connectivity index (χ3n) is 4.74. The third kappa shape index (κ3) is 3.94. The summed E-state index contributed by atoms with van der Waals surface area (Å²) in [6.45, 7) is 0.232. The molecule has 0 unspecified atom stereocenters. The molecule has 0 aliphatic carbocycles. The molecule has 0 amide bonds. The second-order valence-corrected chi connectivity index (χ2v) is 8.44. The standard InChI is InChI=1S/C20H14Cl4N4O3/c1-26-17-16(18(29)27(2)20(26)30)28(9-10-3-5-11(21)6-4-10)19(25-17)31-15-8-13(23)12(22)7-14(15)24/h3-8H,9H2,1-2H3. The maximum absolute atomic E-state index is 12.9. The minimum atomic E-state index is -0.507.